The summed E-state index contributed by atoms with van der Waals surface area (Å²) in [7, 11) is -2.13. The van der Waals surface area contributed by atoms with E-state index in [9.17, 15) is 13.2 Å². The second-order valence-electron chi connectivity index (χ2n) is 5.14. The van der Waals surface area contributed by atoms with Crippen molar-refractivity contribution >= 4 is 32.4 Å². The molecule has 0 radical (unpaired) electrons. The minimum absolute atomic E-state index is 0.0667. The number of hydrogen-bond donors (Lipinski definition) is 2. The standard InChI is InChI=1S/C11H19N5O3S2/c1-7(17)13-10-14-15-11(20-10)21(18,19)16(2)9-5-3-8(12)4-6-9/h8-9H,3-6,12H2,1-2H3,(H,13,14,17). The van der Waals surface area contributed by atoms with Gasteiger partial charge in [0.05, 0.1) is 0 Å². The monoisotopic (exact) mass is 333 g/mol. The van der Waals surface area contributed by atoms with Crippen LogP contribution in [0.25, 0.3) is 0 Å². The van der Waals surface area contributed by atoms with Crippen LogP contribution in [0.15, 0.2) is 4.34 Å². The van der Waals surface area contributed by atoms with Gasteiger partial charge in [-0.3, -0.25) is 4.79 Å². The Labute approximate surface area is 127 Å². The number of amides is 1. The maximum absolute atomic E-state index is 12.5. The number of nitrogens with zero attached hydrogens (tertiary/aromatic N) is 3. The third-order valence-corrected chi connectivity index (χ3v) is 6.64. The highest BCUT2D eigenvalue weighted by Crippen LogP contribution is 2.28. The fourth-order valence-electron chi connectivity index (χ4n) is 2.30. The molecule has 1 saturated carbocycles. The van der Waals surface area contributed by atoms with E-state index >= 15 is 0 Å². The van der Waals surface area contributed by atoms with Gasteiger partial charge in [-0.1, -0.05) is 11.3 Å². The Balaban J connectivity index is 2.13. The van der Waals surface area contributed by atoms with Crippen LogP contribution in [0.3, 0.4) is 0 Å². The zero-order chi connectivity index (χ0) is 15.6. The summed E-state index contributed by atoms with van der Waals surface area (Å²) in [5.41, 5.74) is 5.84. The van der Waals surface area contributed by atoms with Crippen LogP contribution in [0.5, 0.6) is 0 Å². The molecule has 10 heteroatoms. The number of sulfonamides is 1. The van der Waals surface area contributed by atoms with Crippen molar-refractivity contribution in [2.45, 2.75) is 49.0 Å². The molecule has 0 aliphatic heterocycles. The second kappa shape index (κ2) is 6.34. The number of nitrogens with one attached hydrogen (secondary N) is 1. The third-order valence-electron chi connectivity index (χ3n) is 3.54. The van der Waals surface area contributed by atoms with Crippen molar-refractivity contribution in [1.29, 1.82) is 0 Å². The van der Waals surface area contributed by atoms with Crippen molar-refractivity contribution in [3.05, 3.63) is 0 Å². The first-order chi connectivity index (χ1) is 9.80. The maximum atomic E-state index is 12.5. The summed E-state index contributed by atoms with van der Waals surface area (Å²) in [5, 5.41) is 9.95. The first-order valence-corrected chi connectivity index (χ1v) is 8.91. The molecule has 0 saturated heterocycles. The molecule has 0 bridgehead atoms. The lowest BCUT2D eigenvalue weighted by atomic mass is 9.92. The molecule has 0 spiro atoms. The molecule has 1 aromatic rings. The number of rotatable bonds is 4. The Morgan fingerprint density at radius 3 is 2.52 bits per heavy atom. The highest BCUT2D eigenvalue weighted by atomic mass is 32.2. The van der Waals surface area contributed by atoms with Crippen molar-refractivity contribution < 1.29 is 13.2 Å². The van der Waals surface area contributed by atoms with Gasteiger partial charge in [0.2, 0.25) is 15.4 Å². The summed E-state index contributed by atoms with van der Waals surface area (Å²) < 4.78 is 26.2. The Bertz CT molecular complexity index is 607. The fraction of sp³-hybridized carbons (Fsp3) is 0.727. The average molecular weight is 333 g/mol. The van der Waals surface area contributed by atoms with Gasteiger partial charge < -0.3 is 11.1 Å². The minimum Gasteiger partial charge on any atom is -0.328 e. The largest absolute Gasteiger partial charge is 0.328 e. The molecule has 2 rings (SSSR count). The summed E-state index contributed by atoms with van der Waals surface area (Å²) in [6.45, 7) is 1.33. The van der Waals surface area contributed by atoms with E-state index in [1.807, 2.05) is 0 Å². The zero-order valence-corrected chi connectivity index (χ0v) is 13.6. The molecule has 0 atom stereocenters. The number of nitrogens with two attached hydrogens (primary N) is 1. The molecular weight excluding hydrogens is 314 g/mol. The Kier molecular flexibility index (Phi) is 4.91. The third kappa shape index (κ3) is 3.76. The van der Waals surface area contributed by atoms with Gasteiger partial charge in [-0.25, -0.2) is 8.42 Å². The van der Waals surface area contributed by atoms with Crippen molar-refractivity contribution in [3.63, 3.8) is 0 Å². The summed E-state index contributed by atoms with van der Waals surface area (Å²) in [5.74, 6) is -0.315. The minimum atomic E-state index is -3.68. The molecule has 1 amide bonds. The highest BCUT2D eigenvalue weighted by Gasteiger charge is 2.33. The van der Waals surface area contributed by atoms with Crippen LogP contribution >= 0.6 is 11.3 Å². The molecular formula is C11H19N5O3S2. The van der Waals surface area contributed by atoms with Crippen LogP contribution in [0.4, 0.5) is 5.13 Å². The van der Waals surface area contributed by atoms with Crippen molar-refractivity contribution in [2.75, 3.05) is 12.4 Å². The molecule has 1 fully saturated rings. The van der Waals surface area contributed by atoms with E-state index in [1.165, 1.54) is 11.2 Å². The molecule has 8 nitrogen and oxygen atoms in total. The quantitative estimate of drug-likeness (QED) is 0.769. The van der Waals surface area contributed by atoms with Gasteiger partial charge >= 0.3 is 0 Å². The Morgan fingerprint density at radius 2 is 1.95 bits per heavy atom. The van der Waals surface area contributed by atoms with E-state index < -0.39 is 10.0 Å². The number of hydrogen-bond acceptors (Lipinski definition) is 7. The summed E-state index contributed by atoms with van der Waals surface area (Å²) in [4.78, 5) is 10.9. The van der Waals surface area contributed by atoms with E-state index in [0.29, 0.717) is 0 Å². The highest BCUT2D eigenvalue weighted by molar-refractivity contribution is 7.91. The van der Waals surface area contributed by atoms with E-state index in [0.717, 1.165) is 37.0 Å². The SMILES string of the molecule is CC(=O)Nc1nnc(S(=O)(=O)N(C)C2CCC(N)CC2)s1. The predicted molar refractivity (Wildman–Crippen MR) is 79.4 cm³/mol. The normalized spacial score (nSPS) is 23.2. The van der Waals surface area contributed by atoms with Gasteiger partial charge in [-0.15, -0.1) is 10.2 Å². The second-order valence-corrected chi connectivity index (χ2v) is 8.29. The lowest BCUT2D eigenvalue weighted by Crippen LogP contribution is -2.41. The molecule has 3 N–H and O–H groups in total. The van der Waals surface area contributed by atoms with Crippen molar-refractivity contribution in [3.8, 4) is 0 Å². The number of aromatic nitrogens is 2. The van der Waals surface area contributed by atoms with Gasteiger partial charge in [0.25, 0.3) is 10.0 Å². The summed E-state index contributed by atoms with van der Waals surface area (Å²) >= 11 is 0.853. The van der Waals surface area contributed by atoms with Crippen LogP contribution in [-0.2, 0) is 14.8 Å². The molecule has 1 aliphatic carbocycles. The van der Waals surface area contributed by atoms with Gasteiger partial charge in [0.1, 0.15) is 0 Å². The molecule has 1 heterocycles. The van der Waals surface area contributed by atoms with Crippen LogP contribution in [0.1, 0.15) is 32.6 Å². The lowest BCUT2D eigenvalue weighted by molar-refractivity contribution is -0.114. The zero-order valence-electron chi connectivity index (χ0n) is 11.9. The van der Waals surface area contributed by atoms with Crippen LogP contribution in [-0.4, -0.2) is 48.0 Å². The van der Waals surface area contributed by atoms with Crippen molar-refractivity contribution in [2.24, 2.45) is 5.73 Å². The summed E-state index contributed by atoms with van der Waals surface area (Å²) in [6.07, 6.45) is 3.12. The average Bonchev–Trinajstić information content (AvgIpc) is 2.87. The number of anilines is 1. The van der Waals surface area contributed by atoms with Gasteiger partial charge in [-0.2, -0.15) is 4.31 Å². The van der Waals surface area contributed by atoms with E-state index in [1.54, 1.807) is 7.05 Å². The fourth-order valence-corrected chi connectivity index (χ4v) is 4.83. The topological polar surface area (TPSA) is 118 Å². The van der Waals surface area contributed by atoms with Crippen LogP contribution < -0.4 is 11.1 Å². The van der Waals surface area contributed by atoms with Gasteiger partial charge in [0.15, 0.2) is 0 Å². The van der Waals surface area contributed by atoms with Gasteiger partial charge in [0, 0.05) is 26.1 Å². The number of carbonyl (C=O) groups excluding carboxylic acids is 1. The first kappa shape index (κ1) is 16.3. The molecule has 0 aromatic carbocycles. The van der Waals surface area contributed by atoms with Crippen LogP contribution in [0, 0.1) is 0 Å². The summed E-state index contributed by atoms with van der Waals surface area (Å²) in [6, 6.07) is 0.0909. The van der Waals surface area contributed by atoms with E-state index in [2.05, 4.69) is 15.5 Å². The molecule has 21 heavy (non-hydrogen) atoms. The Morgan fingerprint density at radius 1 is 1.33 bits per heavy atom. The predicted octanol–water partition coefficient (Wildman–Crippen LogP) is 0.387. The molecule has 0 unspecified atom stereocenters. The molecule has 118 valence electrons. The van der Waals surface area contributed by atoms with E-state index in [4.69, 9.17) is 5.73 Å². The van der Waals surface area contributed by atoms with Gasteiger partial charge in [-0.05, 0) is 25.7 Å². The van der Waals surface area contributed by atoms with Crippen LogP contribution in [0.2, 0.25) is 0 Å². The first-order valence-electron chi connectivity index (χ1n) is 6.65. The van der Waals surface area contributed by atoms with Crippen molar-refractivity contribution in [1.82, 2.24) is 14.5 Å². The lowest BCUT2D eigenvalue weighted by Gasteiger charge is -2.31. The maximum Gasteiger partial charge on any atom is 0.272 e. The van der Waals surface area contributed by atoms with E-state index in [-0.39, 0.29) is 27.5 Å². The molecule has 1 aliphatic rings. The molecule has 1 aromatic heterocycles. The Hall–Kier alpha value is -1.10. The number of carbonyl (C=O) groups is 1. The smallest absolute Gasteiger partial charge is 0.272 e.